The van der Waals surface area contributed by atoms with E-state index in [0.717, 1.165) is 0 Å². The number of rotatable bonds is 3. The summed E-state index contributed by atoms with van der Waals surface area (Å²) < 4.78 is 21.0. The van der Waals surface area contributed by atoms with Gasteiger partial charge in [-0.05, 0) is 17.5 Å². The smallest absolute Gasteiger partial charge is 0.321 e. The molecule has 26 heavy (non-hydrogen) atoms. The summed E-state index contributed by atoms with van der Waals surface area (Å²) in [7, 11) is 0. The molecule has 0 aliphatic heterocycles. The van der Waals surface area contributed by atoms with Crippen LogP contribution >= 0.6 is 11.6 Å². The fourth-order valence-corrected chi connectivity index (χ4v) is 2.52. The molecule has 2 N–H and O–H groups in total. The molecule has 0 atom stereocenters. The third-order valence-corrected chi connectivity index (χ3v) is 3.95. The topological polar surface area (TPSA) is 86.8 Å². The monoisotopic (exact) mass is 373 g/mol. The van der Waals surface area contributed by atoms with E-state index in [0.29, 0.717) is 5.56 Å². The maximum Gasteiger partial charge on any atom is 0.321 e. The molecule has 3 rings (SSSR count). The highest BCUT2D eigenvalue weighted by Gasteiger charge is 2.26. The summed E-state index contributed by atoms with van der Waals surface area (Å²) in [4.78, 5) is 16.0. The van der Waals surface area contributed by atoms with Gasteiger partial charge >= 0.3 is 6.01 Å². The van der Waals surface area contributed by atoms with Gasteiger partial charge in [0.05, 0.1) is 11.9 Å². The van der Waals surface area contributed by atoms with Crippen LogP contribution in [0.1, 0.15) is 26.3 Å². The molecule has 0 aliphatic rings. The van der Waals surface area contributed by atoms with Gasteiger partial charge in [-0.2, -0.15) is 0 Å². The lowest BCUT2D eigenvalue weighted by Gasteiger charge is -2.23. The van der Waals surface area contributed by atoms with Crippen molar-refractivity contribution in [2.45, 2.75) is 26.2 Å². The number of halogens is 2. The molecule has 2 heterocycles. The molecule has 0 aliphatic carbocycles. The van der Waals surface area contributed by atoms with Crippen LogP contribution in [0.25, 0.3) is 11.3 Å². The summed E-state index contributed by atoms with van der Waals surface area (Å²) in [5.74, 6) is -0.479. The van der Waals surface area contributed by atoms with Crippen molar-refractivity contribution in [3.63, 3.8) is 0 Å². The van der Waals surface area contributed by atoms with E-state index in [-0.39, 0.29) is 39.4 Å². The van der Waals surface area contributed by atoms with E-state index in [1.165, 1.54) is 18.6 Å². The van der Waals surface area contributed by atoms with Gasteiger partial charge in [0.2, 0.25) is 0 Å². The molecule has 0 unspecified atom stereocenters. The average molecular weight is 374 g/mol. The predicted octanol–water partition coefficient (Wildman–Crippen LogP) is 4.40. The third kappa shape index (κ3) is 3.57. The maximum atomic E-state index is 15.3. The Bertz CT molecular complexity index is 944. The van der Waals surface area contributed by atoms with E-state index in [1.54, 1.807) is 18.2 Å². The highest BCUT2D eigenvalue weighted by atomic mass is 35.5. The van der Waals surface area contributed by atoms with E-state index in [4.69, 9.17) is 22.1 Å². The number of nitrogens with two attached hydrogens (primary N) is 1. The van der Waals surface area contributed by atoms with Gasteiger partial charge in [-0.25, -0.2) is 24.3 Å². The second kappa shape index (κ2) is 6.84. The Morgan fingerprint density at radius 2 is 1.81 bits per heavy atom. The molecule has 6 nitrogen and oxygen atoms in total. The third-order valence-electron chi connectivity index (χ3n) is 3.67. The Hall–Kier alpha value is -2.80. The molecule has 1 aromatic carbocycles. The van der Waals surface area contributed by atoms with Gasteiger partial charge in [-0.1, -0.05) is 38.4 Å². The van der Waals surface area contributed by atoms with Gasteiger partial charge in [0.1, 0.15) is 0 Å². The predicted molar refractivity (Wildman–Crippen MR) is 97.7 cm³/mol. The van der Waals surface area contributed by atoms with Gasteiger partial charge in [-0.15, -0.1) is 0 Å². The normalized spacial score (nSPS) is 11.4. The number of nitrogen functional groups attached to an aromatic ring is 1. The fourth-order valence-electron chi connectivity index (χ4n) is 2.38. The average Bonchev–Trinajstić information content (AvgIpc) is 2.59. The number of nitrogens with zero attached hydrogens (tertiary/aromatic N) is 4. The highest BCUT2D eigenvalue weighted by Crippen LogP contribution is 2.39. The second-order valence-corrected chi connectivity index (χ2v) is 6.98. The van der Waals surface area contributed by atoms with E-state index < -0.39 is 5.82 Å². The van der Waals surface area contributed by atoms with E-state index in [9.17, 15) is 0 Å². The van der Waals surface area contributed by atoms with Crippen LogP contribution in [0.5, 0.6) is 11.8 Å². The number of ether oxygens (including phenoxy) is 1. The largest absolute Gasteiger partial charge is 0.421 e. The van der Waals surface area contributed by atoms with Gasteiger partial charge < -0.3 is 10.5 Å². The molecule has 0 bridgehead atoms. The van der Waals surface area contributed by atoms with Crippen molar-refractivity contribution in [2.24, 2.45) is 0 Å². The van der Waals surface area contributed by atoms with Crippen molar-refractivity contribution in [3.8, 4) is 23.0 Å². The van der Waals surface area contributed by atoms with Crippen LogP contribution in [0.2, 0.25) is 5.15 Å². The van der Waals surface area contributed by atoms with Crippen molar-refractivity contribution in [2.75, 3.05) is 5.73 Å². The quantitative estimate of drug-likeness (QED) is 0.732. The molecule has 0 spiro atoms. The molecule has 2 aromatic heterocycles. The molecule has 0 saturated heterocycles. The first kappa shape index (κ1) is 18.0. The Balaban J connectivity index is 2.16. The lowest BCUT2D eigenvalue weighted by Crippen LogP contribution is -2.14. The SMILES string of the molecule is CC(C)(C)c1ccc(-c2cnc(N)c(Cl)n2)c(F)c1Oc1ncccn1. The Kier molecular flexibility index (Phi) is 4.73. The Morgan fingerprint density at radius 3 is 2.42 bits per heavy atom. The molecule has 3 aromatic rings. The molecular weight excluding hydrogens is 357 g/mol. The second-order valence-electron chi connectivity index (χ2n) is 6.62. The Labute approximate surface area is 155 Å². The molecule has 0 saturated carbocycles. The molecule has 8 heteroatoms. The number of anilines is 1. The van der Waals surface area contributed by atoms with Crippen LogP contribution in [0, 0.1) is 5.82 Å². The van der Waals surface area contributed by atoms with Crippen LogP contribution in [0.3, 0.4) is 0 Å². The highest BCUT2D eigenvalue weighted by molar-refractivity contribution is 6.31. The molecule has 0 amide bonds. The van der Waals surface area contributed by atoms with Crippen molar-refractivity contribution in [1.29, 1.82) is 0 Å². The van der Waals surface area contributed by atoms with Crippen LogP contribution in [0.4, 0.5) is 10.2 Å². The number of hydrogen-bond acceptors (Lipinski definition) is 6. The van der Waals surface area contributed by atoms with Crippen molar-refractivity contribution < 1.29 is 9.13 Å². The maximum absolute atomic E-state index is 15.3. The first-order valence-corrected chi connectivity index (χ1v) is 8.21. The van der Waals surface area contributed by atoms with E-state index in [1.807, 2.05) is 20.8 Å². The molecule has 0 radical (unpaired) electrons. The summed E-state index contributed by atoms with van der Waals surface area (Å²) in [6.07, 6.45) is 4.40. The zero-order chi connectivity index (χ0) is 18.9. The molecule has 134 valence electrons. The van der Waals surface area contributed by atoms with Crippen LogP contribution in [-0.4, -0.2) is 19.9 Å². The van der Waals surface area contributed by atoms with Crippen LogP contribution in [-0.2, 0) is 5.41 Å². The van der Waals surface area contributed by atoms with Crippen molar-refractivity contribution in [1.82, 2.24) is 19.9 Å². The van der Waals surface area contributed by atoms with Gasteiger partial charge in [0, 0.05) is 23.5 Å². The summed E-state index contributed by atoms with van der Waals surface area (Å²) in [6, 6.07) is 5.10. The molecule has 0 fully saturated rings. The summed E-state index contributed by atoms with van der Waals surface area (Å²) in [6.45, 7) is 5.88. The minimum absolute atomic E-state index is 0.00987. The standard InChI is InChI=1S/C18H17ClFN5O/c1-18(2,3)11-6-5-10(12-9-24-16(21)15(19)25-12)13(20)14(11)26-17-22-7-4-8-23-17/h4-9H,1-3H3,(H2,21,24). The van der Waals surface area contributed by atoms with Gasteiger partial charge in [-0.3, -0.25) is 0 Å². The first-order chi connectivity index (χ1) is 12.3. The lowest BCUT2D eigenvalue weighted by molar-refractivity contribution is 0.394. The van der Waals surface area contributed by atoms with Gasteiger partial charge in [0.25, 0.3) is 0 Å². The number of hydrogen-bond donors (Lipinski definition) is 1. The number of aromatic nitrogens is 4. The lowest BCUT2D eigenvalue weighted by atomic mass is 9.85. The van der Waals surface area contributed by atoms with Crippen LogP contribution < -0.4 is 10.5 Å². The minimum atomic E-state index is -0.597. The van der Waals surface area contributed by atoms with Gasteiger partial charge in [0.15, 0.2) is 22.5 Å². The van der Waals surface area contributed by atoms with E-state index in [2.05, 4.69) is 19.9 Å². The summed E-state index contributed by atoms with van der Waals surface area (Å²) in [5, 5.41) is 0.00987. The summed E-state index contributed by atoms with van der Waals surface area (Å²) in [5.41, 5.74) is 6.32. The van der Waals surface area contributed by atoms with Crippen molar-refractivity contribution in [3.05, 3.63) is 53.3 Å². The van der Waals surface area contributed by atoms with E-state index >= 15 is 4.39 Å². The molecular formula is C18H17ClFN5O. The first-order valence-electron chi connectivity index (χ1n) is 7.83. The van der Waals surface area contributed by atoms with Crippen LogP contribution in [0.15, 0.2) is 36.8 Å². The van der Waals surface area contributed by atoms with Crippen molar-refractivity contribution >= 4 is 17.4 Å². The zero-order valence-electron chi connectivity index (χ0n) is 14.5. The summed E-state index contributed by atoms with van der Waals surface area (Å²) >= 11 is 5.92. The Morgan fingerprint density at radius 1 is 1.12 bits per heavy atom. The minimum Gasteiger partial charge on any atom is -0.421 e. The zero-order valence-corrected chi connectivity index (χ0v) is 15.3. The fraction of sp³-hybridized carbons (Fsp3) is 0.222. The number of benzene rings is 1.